The largest absolute Gasteiger partial charge is 0.435 e. The summed E-state index contributed by atoms with van der Waals surface area (Å²) in [6.07, 6.45) is 0.893. The normalized spacial score (nSPS) is 11.3. The SMILES string of the molecule is CCNC(=NCCCn1nc(C)cc1C)N(C)Cc1ccc(OC(F)F)cc1.I. The van der Waals surface area contributed by atoms with Crippen LogP contribution in [0.2, 0.25) is 0 Å². The van der Waals surface area contributed by atoms with Crippen LogP contribution in [-0.4, -0.2) is 47.4 Å². The first kappa shape index (κ1) is 25.1. The van der Waals surface area contributed by atoms with Crippen molar-refractivity contribution in [3.63, 3.8) is 0 Å². The van der Waals surface area contributed by atoms with Crippen molar-refractivity contribution in [1.82, 2.24) is 20.0 Å². The van der Waals surface area contributed by atoms with Crippen molar-refractivity contribution in [2.45, 2.75) is 46.9 Å². The van der Waals surface area contributed by atoms with Gasteiger partial charge in [0.15, 0.2) is 5.96 Å². The summed E-state index contributed by atoms with van der Waals surface area (Å²) in [5.41, 5.74) is 3.17. The second-order valence-corrected chi connectivity index (χ2v) is 6.62. The fourth-order valence-corrected chi connectivity index (χ4v) is 2.90. The quantitative estimate of drug-likeness (QED) is 0.233. The summed E-state index contributed by atoms with van der Waals surface area (Å²) in [7, 11) is 1.95. The lowest BCUT2D eigenvalue weighted by Gasteiger charge is -2.22. The molecule has 0 aliphatic rings. The molecule has 0 aliphatic heterocycles. The lowest BCUT2D eigenvalue weighted by molar-refractivity contribution is -0.0498. The number of ether oxygens (including phenoxy) is 1. The number of hydrogen-bond acceptors (Lipinski definition) is 3. The van der Waals surface area contributed by atoms with Crippen molar-refractivity contribution >= 4 is 29.9 Å². The third kappa shape index (κ3) is 8.55. The van der Waals surface area contributed by atoms with Gasteiger partial charge in [-0.25, -0.2) is 0 Å². The first-order chi connectivity index (χ1) is 13.4. The molecular weight excluding hydrogens is 491 g/mol. The van der Waals surface area contributed by atoms with Crippen LogP contribution >= 0.6 is 24.0 Å². The van der Waals surface area contributed by atoms with E-state index < -0.39 is 6.61 Å². The van der Waals surface area contributed by atoms with Gasteiger partial charge in [0.2, 0.25) is 0 Å². The number of nitrogens with zero attached hydrogens (tertiary/aromatic N) is 4. The molecule has 1 N–H and O–H groups in total. The Morgan fingerprint density at radius 2 is 1.97 bits per heavy atom. The Morgan fingerprint density at radius 3 is 2.52 bits per heavy atom. The molecule has 6 nitrogen and oxygen atoms in total. The van der Waals surface area contributed by atoms with E-state index in [-0.39, 0.29) is 29.7 Å². The molecule has 2 rings (SSSR count). The molecule has 0 aliphatic carbocycles. The van der Waals surface area contributed by atoms with Gasteiger partial charge < -0.3 is 15.0 Å². The predicted molar refractivity (Wildman–Crippen MR) is 122 cm³/mol. The summed E-state index contributed by atoms with van der Waals surface area (Å²) in [6, 6.07) is 8.72. The Bertz CT molecular complexity index is 765. The molecule has 0 atom stereocenters. The van der Waals surface area contributed by atoms with E-state index in [1.165, 1.54) is 0 Å². The van der Waals surface area contributed by atoms with Crippen LogP contribution in [0.4, 0.5) is 8.78 Å². The third-order valence-corrected chi connectivity index (χ3v) is 4.16. The maximum atomic E-state index is 12.2. The minimum Gasteiger partial charge on any atom is -0.435 e. The van der Waals surface area contributed by atoms with Crippen LogP contribution in [0.25, 0.3) is 0 Å². The molecule has 0 fully saturated rings. The Hall–Kier alpha value is -1.91. The lowest BCUT2D eigenvalue weighted by atomic mass is 10.2. The number of nitrogens with one attached hydrogen (secondary N) is 1. The van der Waals surface area contributed by atoms with Gasteiger partial charge in [-0.3, -0.25) is 9.67 Å². The van der Waals surface area contributed by atoms with Gasteiger partial charge in [0.05, 0.1) is 5.69 Å². The number of guanidine groups is 1. The minimum atomic E-state index is -2.81. The van der Waals surface area contributed by atoms with Crippen LogP contribution in [0, 0.1) is 13.8 Å². The van der Waals surface area contributed by atoms with Gasteiger partial charge in [0.1, 0.15) is 5.75 Å². The second kappa shape index (κ2) is 12.6. The molecule has 0 bridgehead atoms. The fourth-order valence-electron chi connectivity index (χ4n) is 2.90. The number of aromatic nitrogens is 2. The number of benzene rings is 1. The Labute approximate surface area is 188 Å². The maximum absolute atomic E-state index is 12.2. The molecule has 1 aromatic carbocycles. The monoisotopic (exact) mass is 521 g/mol. The highest BCUT2D eigenvalue weighted by Crippen LogP contribution is 2.15. The Kier molecular flexibility index (Phi) is 10.9. The number of rotatable bonds is 9. The number of alkyl halides is 2. The molecule has 0 unspecified atom stereocenters. The molecular formula is C20H30F2IN5O. The number of hydrogen-bond donors (Lipinski definition) is 1. The van der Waals surface area contributed by atoms with E-state index in [4.69, 9.17) is 0 Å². The van der Waals surface area contributed by atoms with E-state index in [0.717, 1.165) is 42.4 Å². The molecule has 2 aromatic rings. The van der Waals surface area contributed by atoms with Crippen LogP contribution in [-0.2, 0) is 13.1 Å². The first-order valence-corrected chi connectivity index (χ1v) is 9.43. The molecule has 1 heterocycles. The van der Waals surface area contributed by atoms with E-state index in [9.17, 15) is 8.78 Å². The molecule has 9 heteroatoms. The number of halogens is 3. The summed E-state index contributed by atoms with van der Waals surface area (Å²) in [4.78, 5) is 6.69. The molecule has 0 saturated carbocycles. The third-order valence-electron chi connectivity index (χ3n) is 4.16. The van der Waals surface area contributed by atoms with Gasteiger partial charge in [0.25, 0.3) is 0 Å². The van der Waals surface area contributed by atoms with Gasteiger partial charge in [-0.1, -0.05) is 12.1 Å². The second-order valence-electron chi connectivity index (χ2n) is 6.62. The van der Waals surface area contributed by atoms with E-state index in [2.05, 4.69) is 33.1 Å². The summed E-state index contributed by atoms with van der Waals surface area (Å²) in [6.45, 7) is 6.15. The highest BCUT2D eigenvalue weighted by molar-refractivity contribution is 14.0. The molecule has 0 spiro atoms. The van der Waals surface area contributed by atoms with E-state index in [1.54, 1.807) is 24.3 Å². The molecule has 0 amide bonds. The zero-order chi connectivity index (χ0) is 20.5. The average Bonchev–Trinajstić information content (AvgIpc) is 2.96. The minimum absolute atomic E-state index is 0. The zero-order valence-corrected chi connectivity index (χ0v) is 19.7. The van der Waals surface area contributed by atoms with Gasteiger partial charge in [-0.05, 0) is 51.0 Å². The van der Waals surface area contributed by atoms with Crippen molar-refractivity contribution in [3.8, 4) is 5.75 Å². The Balaban J connectivity index is 0.00000420. The fraction of sp³-hybridized carbons (Fsp3) is 0.500. The summed E-state index contributed by atoms with van der Waals surface area (Å²) in [5.74, 6) is 0.968. The highest BCUT2D eigenvalue weighted by Gasteiger charge is 2.08. The van der Waals surface area contributed by atoms with Crippen molar-refractivity contribution in [1.29, 1.82) is 0 Å². The van der Waals surface area contributed by atoms with Crippen molar-refractivity contribution in [2.75, 3.05) is 20.1 Å². The topological polar surface area (TPSA) is 54.7 Å². The van der Waals surface area contributed by atoms with Crippen LogP contribution in [0.15, 0.2) is 35.3 Å². The van der Waals surface area contributed by atoms with Gasteiger partial charge >= 0.3 is 6.61 Å². The summed E-state index contributed by atoms with van der Waals surface area (Å²) < 4.78 is 30.9. The van der Waals surface area contributed by atoms with Crippen LogP contribution < -0.4 is 10.1 Å². The molecule has 0 saturated heterocycles. The van der Waals surface area contributed by atoms with E-state index in [0.29, 0.717) is 13.1 Å². The van der Waals surface area contributed by atoms with Crippen LogP contribution in [0.3, 0.4) is 0 Å². The Morgan fingerprint density at radius 1 is 1.28 bits per heavy atom. The molecule has 0 radical (unpaired) electrons. The lowest BCUT2D eigenvalue weighted by Crippen LogP contribution is -2.38. The van der Waals surface area contributed by atoms with Crippen LogP contribution in [0.5, 0.6) is 5.75 Å². The van der Waals surface area contributed by atoms with Crippen LogP contribution in [0.1, 0.15) is 30.3 Å². The van der Waals surface area contributed by atoms with Crippen molar-refractivity contribution in [3.05, 3.63) is 47.3 Å². The summed E-state index contributed by atoms with van der Waals surface area (Å²) >= 11 is 0. The standard InChI is InChI=1S/C20H29F2N5O.HI/c1-5-23-20(24-11-6-12-27-16(3)13-15(2)25-27)26(4)14-17-7-9-18(10-8-17)28-19(21)22;/h7-10,13,19H,5-6,11-12,14H2,1-4H3,(H,23,24);1H. The van der Waals surface area contributed by atoms with Gasteiger partial charge in [0, 0.05) is 38.9 Å². The first-order valence-electron chi connectivity index (χ1n) is 9.43. The smallest absolute Gasteiger partial charge is 0.387 e. The molecule has 29 heavy (non-hydrogen) atoms. The molecule has 1 aromatic heterocycles. The summed E-state index contributed by atoms with van der Waals surface area (Å²) in [5, 5.41) is 7.75. The number of aliphatic imine (C=N–C) groups is 1. The average molecular weight is 521 g/mol. The van der Waals surface area contributed by atoms with E-state index >= 15 is 0 Å². The van der Waals surface area contributed by atoms with Crippen molar-refractivity contribution in [2.24, 2.45) is 4.99 Å². The zero-order valence-electron chi connectivity index (χ0n) is 17.4. The number of aryl methyl sites for hydroxylation is 3. The van der Waals surface area contributed by atoms with E-state index in [1.807, 2.05) is 30.5 Å². The molecule has 162 valence electrons. The predicted octanol–water partition coefficient (Wildman–Crippen LogP) is 4.21. The maximum Gasteiger partial charge on any atom is 0.387 e. The van der Waals surface area contributed by atoms with Gasteiger partial charge in [-0.2, -0.15) is 13.9 Å². The van der Waals surface area contributed by atoms with Gasteiger partial charge in [-0.15, -0.1) is 24.0 Å². The van der Waals surface area contributed by atoms with Crippen molar-refractivity contribution < 1.29 is 13.5 Å². The highest BCUT2D eigenvalue weighted by atomic mass is 127.